The zero-order chi connectivity index (χ0) is 21.7. The van der Waals surface area contributed by atoms with E-state index in [0.29, 0.717) is 11.5 Å². The van der Waals surface area contributed by atoms with Crippen LogP contribution < -0.4 is 4.74 Å². The third-order valence-corrected chi connectivity index (χ3v) is 7.02. The van der Waals surface area contributed by atoms with Gasteiger partial charge in [-0.15, -0.1) is 13.2 Å². The Morgan fingerprint density at radius 3 is 1.93 bits per heavy atom. The molecule has 0 saturated heterocycles. The minimum absolute atomic E-state index is 0.0117. The quantitative estimate of drug-likeness (QED) is 0.326. The summed E-state index contributed by atoms with van der Waals surface area (Å²) in [4.78, 5) is 0. The Kier molecular flexibility index (Phi) is 7.81. The highest BCUT2D eigenvalue weighted by Gasteiger charge is 2.35. The van der Waals surface area contributed by atoms with Gasteiger partial charge in [-0.2, -0.15) is 0 Å². The molecule has 0 amide bonds. The molecule has 0 bridgehead atoms. The van der Waals surface area contributed by atoms with Crippen LogP contribution in [0.1, 0.15) is 82.6 Å². The summed E-state index contributed by atoms with van der Waals surface area (Å²) < 4.78 is 68.5. The van der Waals surface area contributed by atoms with E-state index in [1.165, 1.54) is 32.1 Å². The molecule has 0 aromatic heterocycles. The maximum Gasteiger partial charge on any atom is 0.573 e. The summed E-state index contributed by atoms with van der Waals surface area (Å²) in [5.41, 5.74) is 0.436. The lowest BCUT2D eigenvalue weighted by Gasteiger charge is -2.38. The van der Waals surface area contributed by atoms with Crippen molar-refractivity contribution in [2.75, 3.05) is 0 Å². The number of hydrogen-bond donors (Lipinski definition) is 0. The first-order chi connectivity index (χ1) is 14.3. The van der Waals surface area contributed by atoms with E-state index in [4.69, 9.17) is 0 Å². The van der Waals surface area contributed by atoms with E-state index >= 15 is 0 Å². The van der Waals surface area contributed by atoms with Gasteiger partial charge in [0.1, 0.15) is 0 Å². The lowest BCUT2D eigenvalue weighted by atomic mass is 9.68. The Labute approximate surface area is 175 Å². The van der Waals surface area contributed by atoms with Gasteiger partial charge in [-0.1, -0.05) is 25.0 Å². The molecule has 0 radical (unpaired) electrons. The van der Waals surface area contributed by atoms with Gasteiger partial charge in [0.2, 0.25) is 5.75 Å². The van der Waals surface area contributed by atoms with E-state index in [9.17, 15) is 22.0 Å². The van der Waals surface area contributed by atoms with Gasteiger partial charge in [0, 0.05) is 0 Å². The molecule has 6 heteroatoms. The van der Waals surface area contributed by atoms with E-state index in [1.54, 1.807) is 0 Å². The molecule has 1 aromatic rings. The largest absolute Gasteiger partial charge is 0.573 e. The fourth-order valence-electron chi connectivity index (χ4n) is 5.40. The van der Waals surface area contributed by atoms with Crippen LogP contribution in [0.25, 0.3) is 0 Å². The fourth-order valence-corrected chi connectivity index (χ4v) is 5.40. The summed E-state index contributed by atoms with van der Waals surface area (Å²) in [5.74, 6) is -1.74. The number of hydrogen-bond acceptors (Lipinski definition) is 1. The molecule has 2 saturated carbocycles. The molecule has 0 heterocycles. The number of halogens is 5. The summed E-state index contributed by atoms with van der Waals surface area (Å²) in [6.45, 7) is 2.06. The highest BCUT2D eigenvalue weighted by molar-refractivity contribution is 5.33. The first-order valence-electron chi connectivity index (χ1n) is 11.1. The van der Waals surface area contributed by atoms with Crippen molar-refractivity contribution in [1.82, 2.24) is 0 Å². The maximum atomic E-state index is 14.0. The Hall–Kier alpha value is -1.59. The normalized spacial score (nSPS) is 28.1. The van der Waals surface area contributed by atoms with Crippen LogP contribution in [0.4, 0.5) is 22.0 Å². The van der Waals surface area contributed by atoms with Crippen LogP contribution in [0, 0.1) is 29.4 Å². The summed E-state index contributed by atoms with van der Waals surface area (Å²) in [6.07, 6.45) is 10.5. The number of ether oxygens (including phenoxy) is 1. The van der Waals surface area contributed by atoms with Crippen LogP contribution in [0.15, 0.2) is 24.3 Å². The smallest absolute Gasteiger partial charge is 0.399 e. The number of alkyl halides is 3. The highest BCUT2D eigenvalue weighted by atomic mass is 19.4. The predicted octanol–water partition coefficient (Wildman–Crippen LogP) is 8.30. The third kappa shape index (κ3) is 6.21. The van der Waals surface area contributed by atoms with Gasteiger partial charge in [0.15, 0.2) is 11.6 Å². The molecule has 2 fully saturated rings. The van der Waals surface area contributed by atoms with Crippen molar-refractivity contribution in [3.8, 4) is 5.75 Å². The van der Waals surface area contributed by atoms with Crippen LogP contribution in [0.2, 0.25) is 0 Å². The van der Waals surface area contributed by atoms with Crippen molar-refractivity contribution in [2.45, 2.75) is 83.4 Å². The van der Waals surface area contributed by atoms with E-state index in [0.717, 1.165) is 56.1 Å². The molecule has 3 rings (SSSR count). The zero-order valence-corrected chi connectivity index (χ0v) is 17.5. The summed E-state index contributed by atoms with van der Waals surface area (Å²) >= 11 is 0. The Morgan fingerprint density at radius 1 is 0.900 bits per heavy atom. The van der Waals surface area contributed by atoms with Gasteiger partial charge >= 0.3 is 6.36 Å². The molecule has 2 aliphatic carbocycles. The summed E-state index contributed by atoms with van der Waals surface area (Å²) in [6, 6.07) is 2.01. The second-order valence-electron chi connectivity index (χ2n) is 8.90. The van der Waals surface area contributed by atoms with Gasteiger partial charge in [-0.3, -0.25) is 0 Å². The molecule has 0 unspecified atom stereocenters. The van der Waals surface area contributed by atoms with Crippen LogP contribution >= 0.6 is 0 Å². The monoisotopic (exact) mass is 430 g/mol. The lowest BCUT2D eigenvalue weighted by molar-refractivity contribution is -0.276. The molecule has 168 valence electrons. The molecule has 0 N–H and O–H groups in total. The van der Waals surface area contributed by atoms with Crippen LogP contribution in [-0.2, 0) is 0 Å². The molecule has 0 spiro atoms. The first-order valence-corrected chi connectivity index (χ1v) is 11.1. The van der Waals surface area contributed by atoms with Gasteiger partial charge in [0.25, 0.3) is 0 Å². The van der Waals surface area contributed by atoms with Crippen molar-refractivity contribution < 1.29 is 26.7 Å². The maximum absolute atomic E-state index is 14.0. The minimum Gasteiger partial charge on any atom is -0.399 e. The fraction of sp³-hybridized carbons (Fsp3) is 0.667. The lowest BCUT2D eigenvalue weighted by Crippen LogP contribution is -2.25. The molecular weight excluding hydrogens is 399 g/mol. The van der Waals surface area contributed by atoms with Gasteiger partial charge in [-0.05, 0) is 99.7 Å². The predicted molar refractivity (Wildman–Crippen MR) is 107 cm³/mol. The molecule has 2 aliphatic rings. The topological polar surface area (TPSA) is 9.23 Å². The van der Waals surface area contributed by atoms with E-state index in [-0.39, 0.29) is 5.92 Å². The second-order valence-corrected chi connectivity index (χ2v) is 8.90. The molecule has 0 atom stereocenters. The number of benzene rings is 1. The van der Waals surface area contributed by atoms with Gasteiger partial charge in [-0.25, -0.2) is 8.78 Å². The average molecular weight is 431 g/mol. The molecule has 0 aliphatic heterocycles. The Bertz CT molecular complexity index is 688. The average Bonchev–Trinajstić information content (AvgIpc) is 2.71. The molecule has 1 aromatic carbocycles. The molecule has 30 heavy (non-hydrogen) atoms. The minimum atomic E-state index is -5.12. The van der Waals surface area contributed by atoms with Crippen LogP contribution in [0.5, 0.6) is 5.75 Å². The summed E-state index contributed by atoms with van der Waals surface area (Å²) in [7, 11) is 0. The van der Waals surface area contributed by atoms with E-state index < -0.39 is 23.7 Å². The Morgan fingerprint density at radius 2 is 1.43 bits per heavy atom. The number of allylic oxidation sites excluding steroid dienone is 2. The zero-order valence-electron chi connectivity index (χ0n) is 17.5. The standard InChI is InChI=1S/C24H31F5O/c1-2-3-4-5-16-6-8-17(9-7-16)18-10-12-19(13-11-18)20-14-21(25)23(22(26)15-20)30-24(27,28)29/h2-3,14-19H,4-13H2,1H3. The van der Waals surface area contributed by atoms with Gasteiger partial charge in [0.05, 0.1) is 0 Å². The van der Waals surface area contributed by atoms with Crippen molar-refractivity contribution in [3.05, 3.63) is 41.5 Å². The SMILES string of the molecule is CC=CCCC1CCC(C2CCC(c3cc(F)c(OC(F)(F)F)c(F)c3)CC2)CC1. The van der Waals surface area contributed by atoms with Crippen molar-refractivity contribution in [2.24, 2.45) is 17.8 Å². The van der Waals surface area contributed by atoms with Crippen molar-refractivity contribution >= 4 is 0 Å². The van der Waals surface area contributed by atoms with Crippen molar-refractivity contribution in [1.29, 1.82) is 0 Å². The molecular formula is C24H31F5O. The van der Waals surface area contributed by atoms with Gasteiger partial charge < -0.3 is 4.74 Å². The van der Waals surface area contributed by atoms with Crippen LogP contribution in [-0.4, -0.2) is 6.36 Å². The number of rotatable bonds is 6. The summed E-state index contributed by atoms with van der Waals surface area (Å²) in [5, 5.41) is 0. The van der Waals surface area contributed by atoms with E-state index in [1.807, 2.05) is 0 Å². The molecule has 1 nitrogen and oxygen atoms in total. The van der Waals surface area contributed by atoms with Crippen LogP contribution in [0.3, 0.4) is 0 Å². The van der Waals surface area contributed by atoms with Crippen molar-refractivity contribution in [3.63, 3.8) is 0 Å². The van der Waals surface area contributed by atoms with E-state index in [2.05, 4.69) is 23.8 Å². The second kappa shape index (κ2) is 10.1. The third-order valence-electron chi connectivity index (χ3n) is 7.02. The highest BCUT2D eigenvalue weighted by Crippen LogP contribution is 2.45. The Balaban J connectivity index is 1.51. The first kappa shape index (κ1) is 23.1.